The summed E-state index contributed by atoms with van der Waals surface area (Å²) in [5.41, 5.74) is 1.61. The molecule has 0 saturated carbocycles. The van der Waals surface area contributed by atoms with Crippen molar-refractivity contribution in [1.29, 1.82) is 0 Å². The number of amides is 1. The fourth-order valence-corrected chi connectivity index (χ4v) is 4.45. The molecule has 3 rings (SSSR count). The summed E-state index contributed by atoms with van der Waals surface area (Å²) in [6.07, 6.45) is 0.539. The number of phenols is 2. The van der Waals surface area contributed by atoms with Crippen LogP contribution in [0, 0.1) is 0 Å². The first-order chi connectivity index (χ1) is 13.5. The van der Waals surface area contributed by atoms with Crippen molar-refractivity contribution in [1.82, 2.24) is 4.90 Å². The van der Waals surface area contributed by atoms with Gasteiger partial charge in [0, 0.05) is 18.7 Å². The highest BCUT2D eigenvalue weighted by molar-refractivity contribution is 8.00. The molecule has 28 heavy (non-hydrogen) atoms. The van der Waals surface area contributed by atoms with Crippen LogP contribution in [0.4, 0.5) is 0 Å². The van der Waals surface area contributed by atoms with Crippen molar-refractivity contribution in [2.45, 2.75) is 11.8 Å². The summed E-state index contributed by atoms with van der Waals surface area (Å²) in [5, 5.41) is 18.9. The highest BCUT2D eigenvalue weighted by Gasteiger charge is 2.36. The molecule has 0 aliphatic carbocycles. The lowest BCUT2D eigenvalue weighted by atomic mass is 10.1. The van der Waals surface area contributed by atoms with E-state index in [9.17, 15) is 15.0 Å². The number of benzene rings is 2. The number of thioether (sulfide) groups is 1. The number of ether oxygens (including phenoxy) is 3. The van der Waals surface area contributed by atoms with E-state index in [0.29, 0.717) is 36.0 Å². The first-order valence-electron chi connectivity index (χ1n) is 8.70. The van der Waals surface area contributed by atoms with Gasteiger partial charge in [-0.2, -0.15) is 0 Å². The Morgan fingerprint density at radius 2 is 1.71 bits per heavy atom. The van der Waals surface area contributed by atoms with Crippen LogP contribution in [0.25, 0.3) is 0 Å². The molecule has 0 radical (unpaired) electrons. The molecule has 1 fully saturated rings. The largest absolute Gasteiger partial charge is 0.504 e. The number of rotatable bonds is 7. The van der Waals surface area contributed by atoms with Crippen LogP contribution >= 0.6 is 11.8 Å². The van der Waals surface area contributed by atoms with Crippen molar-refractivity contribution in [3.63, 3.8) is 0 Å². The Morgan fingerprint density at radius 3 is 2.29 bits per heavy atom. The molecule has 2 aromatic carbocycles. The number of hydrogen-bond acceptors (Lipinski definition) is 7. The Kier molecular flexibility index (Phi) is 6.08. The zero-order valence-corrected chi connectivity index (χ0v) is 16.8. The van der Waals surface area contributed by atoms with E-state index in [2.05, 4.69) is 0 Å². The maximum atomic E-state index is 12.5. The molecule has 7 nitrogen and oxygen atoms in total. The average molecular weight is 405 g/mol. The zero-order chi connectivity index (χ0) is 20.3. The van der Waals surface area contributed by atoms with Gasteiger partial charge in [-0.1, -0.05) is 6.07 Å². The van der Waals surface area contributed by atoms with E-state index in [-0.39, 0.29) is 22.8 Å². The number of hydrogen-bond donors (Lipinski definition) is 2. The molecule has 0 bridgehead atoms. The summed E-state index contributed by atoms with van der Waals surface area (Å²) in [7, 11) is 4.71. The Balaban J connectivity index is 1.88. The predicted molar refractivity (Wildman–Crippen MR) is 106 cm³/mol. The maximum Gasteiger partial charge on any atom is 0.233 e. The number of carbonyl (C=O) groups is 1. The van der Waals surface area contributed by atoms with Crippen LogP contribution in [-0.2, 0) is 11.2 Å². The van der Waals surface area contributed by atoms with Crippen molar-refractivity contribution in [3.05, 3.63) is 41.5 Å². The predicted octanol–water partition coefficient (Wildman–Crippen LogP) is 2.94. The number of carbonyl (C=O) groups excluding carboxylic acids is 1. The van der Waals surface area contributed by atoms with Crippen molar-refractivity contribution < 1.29 is 29.2 Å². The molecule has 8 heteroatoms. The Bertz CT molecular complexity index is 847. The second-order valence-electron chi connectivity index (χ2n) is 6.27. The second kappa shape index (κ2) is 8.52. The monoisotopic (exact) mass is 405 g/mol. The van der Waals surface area contributed by atoms with Gasteiger partial charge in [0.2, 0.25) is 5.91 Å². The number of methoxy groups -OCH3 is 3. The fourth-order valence-electron chi connectivity index (χ4n) is 3.19. The van der Waals surface area contributed by atoms with Crippen LogP contribution in [0.1, 0.15) is 16.5 Å². The van der Waals surface area contributed by atoms with E-state index in [0.717, 1.165) is 11.1 Å². The topological polar surface area (TPSA) is 88.5 Å². The molecule has 1 amide bonds. The zero-order valence-electron chi connectivity index (χ0n) is 16.0. The third-order valence-electron chi connectivity index (χ3n) is 4.65. The van der Waals surface area contributed by atoms with Gasteiger partial charge in [-0.25, -0.2) is 0 Å². The molecule has 150 valence electrons. The van der Waals surface area contributed by atoms with Gasteiger partial charge in [0.05, 0.1) is 32.6 Å². The van der Waals surface area contributed by atoms with E-state index >= 15 is 0 Å². The van der Waals surface area contributed by atoms with E-state index in [1.54, 1.807) is 44.4 Å². The molecule has 1 heterocycles. The Hall–Kier alpha value is -2.74. The molecule has 0 aromatic heterocycles. The lowest BCUT2D eigenvalue weighted by molar-refractivity contribution is -0.128. The van der Waals surface area contributed by atoms with Crippen LogP contribution in [0.2, 0.25) is 0 Å². The van der Waals surface area contributed by atoms with Crippen LogP contribution in [0.15, 0.2) is 30.3 Å². The van der Waals surface area contributed by atoms with Gasteiger partial charge in [-0.3, -0.25) is 4.79 Å². The van der Waals surface area contributed by atoms with Gasteiger partial charge in [0.1, 0.15) is 22.6 Å². The molecule has 2 N–H and O–H groups in total. The molecule has 1 unspecified atom stereocenters. The molecule has 1 atom stereocenters. The normalized spacial score (nSPS) is 16.3. The van der Waals surface area contributed by atoms with Gasteiger partial charge in [0.25, 0.3) is 0 Å². The maximum absolute atomic E-state index is 12.5. The second-order valence-corrected chi connectivity index (χ2v) is 7.34. The summed E-state index contributed by atoms with van der Waals surface area (Å²) < 4.78 is 16.4. The minimum Gasteiger partial charge on any atom is -0.504 e. The summed E-state index contributed by atoms with van der Waals surface area (Å²) >= 11 is 1.51. The van der Waals surface area contributed by atoms with Crippen LogP contribution in [-0.4, -0.2) is 54.6 Å². The van der Waals surface area contributed by atoms with Crippen LogP contribution < -0.4 is 14.2 Å². The molecular formula is C20H23NO6S. The lowest BCUT2D eigenvalue weighted by Crippen LogP contribution is -2.30. The van der Waals surface area contributed by atoms with E-state index < -0.39 is 0 Å². The first-order valence-corrected chi connectivity index (χ1v) is 9.75. The van der Waals surface area contributed by atoms with Crippen LogP contribution in [0.3, 0.4) is 0 Å². The number of phenolic OH excluding ortho intramolecular Hbond substituents is 2. The molecule has 1 saturated heterocycles. The number of nitrogens with zero attached hydrogens (tertiary/aromatic N) is 1. The van der Waals surface area contributed by atoms with Gasteiger partial charge in [-0.15, -0.1) is 11.8 Å². The first kappa shape index (κ1) is 20.0. The Labute approximate surface area is 167 Å². The number of aromatic hydroxyl groups is 2. The molecule has 0 spiro atoms. The van der Waals surface area contributed by atoms with E-state index in [1.165, 1.54) is 23.9 Å². The highest BCUT2D eigenvalue weighted by Crippen LogP contribution is 2.48. The lowest BCUT2D eigenvalue weighted by Gasteiger charge is -2.27. The quantitative estimate of drug-likeness (QED) is 0.685. The van der Waals surface area contributed by atoms with Crippen LogP contribution in [0.5, 0.6) is 28.7 Å². The minimum atomic E-state index is -0.256. The molecule has 2 aromatic rings. The van der Waals surface area contributed by atoms with Gasteiger partial charge >= 0.3 is 0 Å². The SMILES string of the molecule is COc1cc(OC)c(C2SCC(=O)N2CCc2ccc(O)c(O)c2)c(OC)c1. The van der Waals surface area contributed by atoms with Gasteiger partial charge < -0.3 is 29.3 Å². The average Bonchev–Trinajstić information content (AvgIpc) is 3.07. The summed E-state index contributed by atoms with van der Waals surface area (Å²) in [6, 6.07) is 8.23. The van der Waals surface area contributed by atoms with Gasteiger partial charge in [0.15, 0.2) is 11.5 Å². The minimum absolute atomic E-state index is 0.0259. The highest BCUT2D eigenvalue weighted by atomic mass is 32.2. The third-order valence-corrected chi connectivity index (χ3v) is 5.87. The summed E-state index contributed by atoms with van der Waals surface area (Å²) in [5.74, 6) is 1.85. The van der Waals surface area contributed by atoms with E-state index in [4.69, 9.17) is 14.2 Å². The van der Waals surface area contributed by atoms with E-state index in [1.807, 2.05) is 0 Å². The molecular weight excluding hydrogens is 382 g/mol. The standard InChI is InChI=1S/C20H23NO6S/c1-25-13-9-16(26-2)19(17(10-13)27-3)20-21(18(24)11-28-20)7-6-12-4-5-14(22)15(23)8-12/h4-5,8-10,20,22-23H,6-7,11H2,1-3H3. The fraction of sp³-hybridized carbons (Fsp3) is 0.350. The summed E-state index contributed by atoms with van der Waals surface area (Å²) in [4.78, 5) is 14.3. The van der Waals surface area contributed by atoms with Crippen molar-refractivity contribution in [3.8, 4) is 28.7 Å². The smallest absolute Gasteiger partial charge is 0.233 e. The Morgan fingerprint density at radius 1 is 1.04 bits per heavy atom. The molecule has 1 aliphatic heterocycles. The van der Waals surface area contributed by atoms with Crippen molar-refractivity contribution in [2.24, 2.45) is 0 Å². The van der Waals surface area contributed by atoms with Crippen molar-refractivity contribution in [2.75, 3.05) is 33.6 Å². The van der Waals surface area contributed by atoms with Gasteiger partial charge in [-0.05, 0) is 24.1 Å². The molecule has 1 aliphatic rings. The summed E-state index contributed by atoms with van der Waals surface area (Å²) in [6.45, 7) is 0.457. The van der Waals surface area contributed by atoms with Crippen molar-refractivity contribution >= 4 is 17.7 Å². The third kappa shape index (κ3) is 3.91.